The quantitative estimate of drug-likeness (QED) is 0.940. The first-order chi connectivity index (χ1) is 10.6. The molecule has 116 valence electrons. The van der Waals surface area contributed by atoms with Gasteiger partial charge in [-0.2, -0.15) is 4.98 Å². The van der Waals surface area contributed by atoms with Crippen LogP contribution in [-0.2, 0) is 16.8 Å². The third-order valence-electron chi connectivity index (χ3n) is 4.26. The molecule has 1 N–H and O–H groups in total. The van der Waals surface area contributed by atoms with Crippen LogP contribution in [0, 0.1) is 6.92 Å². The van der Waals surface area contributed by atoms with Crippen molar-refractivity contribution in [1.29, 1.82) is 0 Å². The molecule has 0 spiro atoms. The molecule has 1 aromatic carbocycles. The first-order valence-corrected chi connectivity index (χ1v) is 7.81. The second-order valence-electron chi connectivity index (χ2n) is 5.71. The van der Waals surface area contributed by atoms with Gasteiger partial charge >= 0.3 is 0 Å². The number of carbonyl (C=O) groups excluding carboxylic acids is 1. The van der Waals surface area contributed by atoms with Crippen molar-refractivity contribution >= 4 is 17.5 Å². The smallest absolute Gasteiger partial charge is 0.246 e. The second-order valence-corrected chi connectivity index (χ2v) is 6.15. The maximum atomic E-state index is 12.8. The van der Waals surface area contributed by atoms with E-state index in [4.69, 9.17) is 16.1 Å². The number of halogens is 1. The first kappa shape index (κ1) is 15.0. The number of benzene rings is 1. The summed E-state index contributed by atoms with van der Waals surface area (Å²) in [6, 6.07) is 7.57. The van der Waals surface area contributed by atoms with Crippen molar-refractivity contribution in [2.75, 3.05) is 0 Å². The number of nitrogens with zero attached hydrogens (tertiary/aromatic N) is 2. The number of rotatable bonds is 4. The Hall–Kier alpha value is -1.88. The van der Waals surface area contributed by atoms with Gasteiger partial charge in [0.15, 0.2) is 5.82 Å². The molecule has 0 radical (unpaired) electrons. The summed E-state index contributed by atoms with van der Waals surface area (Å²) in [5.41, 5.74) is 0.549. The summed E-state index contributed by atoms with van der Waals surface area (Å²) in [5.74, 6) is 1.01. The van der Waals surface area contributed by atoms with Crippen LogP contribution in [0.25, 0.3) is 0 Å². The zero-order chi connectivity index (χ0) is 15.6. The molecule has 0 atom stereocenters. The largest absolute Gasteiger partial charge is 0.346 e. The van der Waals surface area contributed by atoms with Crippen LogP contribution >= 0.6 is 11.6 Å². The fraction of sp³-hybridized carbons (Fsp3) is 0.438. The Morgan fingerprint density at radius 2 is 2.00 bits per heavy atom. The monoisotopic (exact) mass is 319 g/mol. The van der Waals surface area contributed by atoms with Crippen molar-refractivity contribution in [1.82, 2.24) is 15.5 Å². The third-order valence-corrected chi connectivity index (χ3v) is 4.51. The minimum atomic E-state index is -0.473. The lowest BCUT2D eigenvalue weighted by Crippen LogP contribution is -2.42. The number of amides is 1. The van der Waals surface area contributed by atoms with Crippen LogP contribution in [0.1, 0.15) is 43.0 Å². The van der Waals surface area contributed by atoms with E-state index < -0.39 is 5.41 Å². The molecule has 6 heteroatoms. The lowest BCUT2D eigenvalue weighted by molar-refractivity contribution is -0.127. The highest BCUT2D eigenvalue weighted by Gasteiger charge is 2.42. The molecular formula is C16H18ClN3O2. The lowest BCUT2D eigenvalue weighted by Gasteiger charge is -2.28. The van der Waals surface area contributed by atoms with Gasteiger partial charge in [-0.1, -0.05) is 41.7 Å². The van der Waals surface area contributed by atoms with Gasteiger partial charge in [-0.15, -0.1) is 0 Å². The summed E-state index contributed by atoms with van der Waals surface area (Å²) in [7, 11) is 0. The summed E-state index contributed by atoms with van der Waals surface area (Å²) in [5, 5.41) is 7.34. The highest BCUT2D eigenvalue weighted by Crippen LogP contribution is 2.41. The van der Waals surface area contributed by atoms with Crippen LogP contribution in [0.3, 0.4) is 0 Å². The Bertz CT molecular complexity index is 660. The van der Waals surface area contributed by atoms with E-state index in [1.54, 1.807) is 6.92 Å². The van der Waals surface area contributed by atoms with E-state index in [0.717, 1.165) is 31.2 Å². The van der Waals surface area contributed by atoms with Gasteiger partial charge in [0.1, 0.15) is 0 Å². The lowest BCUT2D eigenvalue weighted by atomic mass is 9.78. The van der Waals surface area contributed by atoms with Gasteiger partial charge in [0.2, 0.25) is 11.8 Å². The number of aryl methyl sites for hydroxylation is 1. The molecule has 0 aliphatic heterocycles. The molecule has 5 nitrogen and oxygen atoms in total. The average molecular weight is 320 g/mol. The van der Waals surface area contributed by atoms with Crippen molar-refractivity contribution in [3.63, 3.8) is 0 Å². The van der Waals surface area contributed by atoms with Crippen molar-refractivity contribution < 1.29 is 9.32 Å². The van der Waals surface area contributed by atoms with Crippen LogP contribution in [0.15, 0.2) is 28.8 Å². The van der Waals surface area contributed by atoms with Crippen LogP contribution < -0.4 is 5.32 Å². The molecule has 22 heavy (non-hydrogen) atoms. The third kappa shape index (κ3) is 2.86. The van der Waals surface area contributed by atoms with Crippen LogP contribution in [0.5, 0.6) is 0 Å². The molecule has 0 unspecified atom stereocenters. The summed E-state index contributed by atoms with van der Waals surface area (Å²) in [6.45, 7) is 2.01. The zero-order valence-corrected chi connectivity index (χ0v) is 13.2. The van der Waals surface area contributed by atoms with Gasteiger partial charge in [-0.25, -0.2) is 0 Å². The van der Waals surface area contributed by atoms with Crippen LogP contribution in [-0.4, -0.2) is 16.0 Å². The highest BCUT2D eigenvalue weighted by molar-refractivity contribution is 6.30. The molecule has 0 saturated heterocycles. The number of hydrogen-bond acceptors (Lipinski definition) is 4. The van der Waals surface area contributed by atoms with E-state index in [2.05, 4.69) is 15.5 Å². The topological polar surface area (TPSA) is 68.0 Å². The van der Waals surface area contributed by atoms with E-state index in [0.29, 0.717) is 16.7 Å². The zero-order valence-electron chi connectivity index (χ0n) is 12.4. The SMILES string of the molecule is Cc1noc(CNC(=O)C2(c3ccc(Cl)cc3)CCCC2)n1. The molecular weight excluding hydrogens is 302 g/mol. The molecule has 2 aromatic rings. The molecule has 1 saturated carbocycles. The summed E-state index contributed by atoms with van der Waals surface area (Å²) < 4.78 is 5.04. The van der Waals surface area contributed by atoms with Crippen molar-refractivity contribution in [3.8, 4) is 0 Å². The molecule has 1 aliphatic rings. The van der Waals surface area contributed by atoms with E-state index in [9.17, 15) is 4.79 Å². The Balaban J connectivity index is 1.78. The average Bonchev–Trinajstić information content (AvgIpc) is 3.15. The van der Waals surface area contributed by atoms with E-state index >= 15 is 0 Å². The summed E-state index contributed by atoms with van der Waals surface area (Å²) >= 11 is 5.96. The van der Waals surface area contributed by atoms with Gasteiger partial charge < -0.3 is 9.84 Å². The molecule has 1 aromatic heterocycles. The molecule has 1 heterocycles. The molecule has 1 fully saturated rings. The Kier molecular flexibility index (Phi) is 4.16. The predicted molar refractivity (Wildman–Crippen MR) is 82.5 cm³/mol. The number of hydrogen-bond donors (Lipinski definition) is 1. The predicted octanol–water partition coefficient (Wildman–Crippen LogP) is 3.16. The second kappa shape index (κ2) is 6.08. The number of aromatic nitrogens is 2. The minimum absolute atomic E-state index is 0.0168. The molecule has 1 amide bonds. The Morgan fingerprint density at radius 1 is 1.32 bits per heavy atom. The van der Waals surface area contributed by atoms with Gasteiger partial charge in [0.05, 0.1) is 12.0 Å². The molecule has 1 aliphatic carbocycles. The first-order valence-electron chi connectivity index (χ1n) is 7.44. The fourth-order valence-electron chi connectivity index (χ4n) is 3.13. The maximum Gasteiger partial charge on any atom is 0.246 e. The molecule has 3 rings (SSSR count). The van der Waals surface area contributed by atoms with Crippen molar-refractivity contribution in [3.05, 3.63) is 46.6 Å². The fourth-order valence-corrected chi connectivity index (χ4v) is 3.26. The Labute approximate surface area is 134 Å². The summed E-state index contributed by atoms with van der Waals surface area (Å²) in [6.07, 6.45) is 3.80. The van der Waals surface area contributed by atoms with Gasteiger partial charge in [0.25, 0.3) is 0 Å². The van der Waals surface area contributed by atoms with Crippen LogP contribution in [0.2, 0.25) is 5.02 Å². The van der Waals surface area contributed by atoms with E-state index in [1.807, 2.05) is 24.3 Å². The minimum Gasteiger partial charge on any atom is -0.346 e. The number of carbonyl (C=O) groups is 1. The van der Waals surface area contributed by atoms with Gasteiger partial charge in [-0.3, -0.25) is 4.79 Å². The number of nitrogens with one attached hydrogen (secondary N) is 1. The van der Waals surface area contributed by atoms with Crippen molar-refractivity contribution in [2.45, 2.75) is 44.6 Å². The standard InChI is InChI=1S/C16H18ClN3O2/c1-11-19-14(22-20-11)10-18-15(21)16(8-2-3-9-16)12-4-6-13(17)7-5-12/h4-7H,2-3,8-10H2,1H3,(H,18,21). The highest BCUT2D eigenvalue weighted by atomic mass is 35.5. The molecule has 0 bridgehead atoms. The Morgan fingerprint density at radius 3 is 2.59 bits per heavy atom. The van der Waals surface area contributed by atoms with Gasteiger partial charge in [-0.05, 0) is 37.5 Å². The summed E-state index contributed by atoms with van der Waals surface area (Å²) in [4.78, 5) is 16.9. The van der Waals surface area contributed by atoms with E-state index in [1.165, 1.54) is 0 Å². The normalized spacial score (nSPS) is 16.6. The van der Waals surface area contributed by atoms with Gasteiger partial charge in [0, 0.05) is 5.02 Å². The van der Waals surface area contributed by atoms with E-state index in [-0.39, 0.29) is 12.5 Å². The van der Waals surface area contributed by atoms with Crippen molar-refractivity contribution in [2.24, 2.45) is 0 Å². The maximum absolute atomic E-state index is 12.8. The van der Waals surface area contributed by atoms with Crippen LogP contribution in [0.4, 0.5) is 0 Å².